The number of aromatic nitrogens is 3. The molecule has 0 unspecified atom stereocenters. The van der Waals surface area contributed by atoms with Crippen molar-refractivity contribution in [2.75, 3.05) is 18.8 Å². The number of rotatable bonds is 5. The van der Waals surface area contributed by atoms with Crippen molar-refractivity contribution in [1.82, 2.24) is 19.4 Å². The Hall–Kier alpha value is -2.45. The van der Waals surface area contributed by atoms with E-state index in [0.717, 1.165) is 11.1 Å². The lowest BCUT2D eigenvalue weighted by Crippen LogP contribution is -2.15. The zero-order chi connectivity index (χ0) is 17.3. The molecule has 0 amide bonds. The van der Waals surface area contributed by atoms with E-state index < -0.39 is 10.0 Å². The van der Waals surface area contributed by atoms with Crippen LogP contribution in [-0.4, -0.2) is 41.9 Å². The molecule has 1 aromatic carbocycles. The molecule has 0 atom stereocenters. The summed E-state index contributed by atoms with van der Waals surface area (Å²) in [6.45, 7) is 0.678. The van der Waals surface area contributed by atoms with Crippen LogP contribution in [-0.2, 0) is 23.6 Å². The van der Waals surface area contributed by atoms with Crippen LogP contribution in [0.5, 0.6) is 0 Å². The molecule has 1 N–H and O–H groups in total. The molecule has 0 saturated carbocycles. The molecular weight excluding hydrogens is 326 g/mol. The summed E-state index contributed by atoms with van der Waals surface area (Å²) in [6, 6.07) is 9.29. The van der Waals surface area contributed by atoms with E-state index in [9.17, 15) is 8.42 Å². The lowest BCUT2D eigenvalue weighted by atomic mass is 10.2. The summed E-state index contributed by atoms with van der Waals surface area (Å²) in [6.07, 6.45) is 2.91. The Bertz CT molecular complexity index is 979. The number of hydrogen-bond acceptors (Lipinski definition) is 5. The van der Waals surface area contributed by atoms with Gasteiger partial charge >= 0.3 is 0 Å². The van der Waals surface area contributed by atoms with Crippen LogP contribution in [0.3, 0.4) is 0 Å². The Morgan fingerprint density at radius 3 is 2.67 bits per heavy atom. The molecule has 0 fully saturated rings. The van der Waals surface area contributed by atoms with Gasteiger partial charge in [0.2, 0.25) is 0 Å². The maximum atomic E-state index is 12.5. The number of sulfonamides is 1. The van der Waals surface area contributed by atoms with Crippen LogP contribution in [0.15, 0.2) is 47.9 Å². The van der Waals surface area contributed by atoms with Gasteiger partial charge in [0.25, 0.3) is 10.0 Å². The van der Waals surface area contributed by atoms with Gasteiger partial charge in [0.15, 0.2) is 5.03 Å². The third kappa shape index (κ3) is 3.39. The van der Waals surface area contributed by atoms with Gasteiger partial charge in [-0.15, -0.1) is 0 Å². The van der Waals surface area contributed by atoms with Gasteiger partial charge in [0.05, 0.1) is 23.2 Å². The van der Waals surface area contributed by atoms with E-state index in [2.05, 4.69) is 14.7 Å². The van der Waals surface area contributed by atoms with Gasteiger partial charge in [0.1, 0.15) is 0 Å². The molecule has 2 aromatic heterocycles. The van der Waals surface area contributed by atoms with Gasteiger partial charge in [-0.05, 0) is 26.2 Å². The molecule has 0 aliphatic rings. The van der Waals surface area contributed by atoms with Gasteiger partial charge in [-0.3, -0.25) is 4.72 Å². The number of para-hydroxylation sites is 1. The number of aryl methyl sites for hydroxylation is 1. The number of imidazole rings is 1. The minimum absolute atomic E-state index is 0.0218. The highest BCUT2D eigenvalue weighted by Gasteiger charge is 2.18. The maximum absolute atomic E-state index is 12.5. The van der Waals surface area contributed by atoms with Crippen molar-refractivity contribution in [3.8, 4) is 0 Å². The van der Waals surface area contributed by atoms with Crippen LogP contribution in [0.25, 0.3) is 10.9 Å². The standard InChI is InChI=1S/C16H19N5O2S/c1-20(2)9-13-8-7-12-5-4-6-14(16(12)18-13)19-24(22,23)15-10-21(3)11-17-15/h4-8,10-11,19H,9H2,1-3H3. The highest BCUT2D eigenvalue weighted by Crippen LogP contribution is 2.24. The molecule has 0 radical (unpaired) electrons. The van der Waals surface area contributed by atoms with E-state index in [-0.39, 0.29) is 5.03 Å². The number of hydrogen-bond donors (Lipinski definition) is 1. The fraction of sp³-hybridized carbons (Fsp3) is 0.250. The van der Waals surface area contributed by atoms with Crippen molar-refractivity contribution < 1.29 is 8.42 Å². The molecule has 0 aliphatic carbocycles. The normalized spacial score (nSPS) is 12.0. The molecule has 0 spiro atoms. The largest absolute Gasteiger partial charge is 0.339 e. The van der Waals surface area contributed by atoms with Gasteiger partial charge in [-0.2, -0.15) is 8.42 Å². The quantitative estimate of drug-likeness (QED) is 0.763. The zero-order valence-corrected chi connectivity index (χ0v) is 14.6. The average Bonchev–Trinajstić information content (AvgIpc) is 2.94. The Labute approximate surface area is 141 Å². The fourth-order valence-corrected chi connectivity index (χ4v) is 3.46. The Morgan fingerprint density at radius 2 is 2.00 bits per heavy atom. The Morgan fingerprint density at radius 1 is 1.21 bits per heavy atom. The van der Waals surface area contributed by atoms with Crippen LogP contribution in [0, 0.1) is 0 Å². The summed E-state index contributed by atoms with van der Waals surface area (Å²) < 4.78 is 29.2. The zero-order valence-electron chi connectivity index (χ0n) is 13.8. The SMILES string of the molecule is CN(C)Cc1ccc2cccc(NS(=O)(=O)c3cn(C)cn3)c2n1. The van der Waals surface area contributed by atoms with Crippen molar-refractivity contribution in [1.29, 1.82) is 0 Å². The van der Waals surface area contributed by atoms with Crippen LogP contribution < -0.4 is 4.72 Å². The number of fused-ring (bicyclic) bond motifs is 1. The highest BCUT2D eigenvalue weighted by atomic mass is 32.2. The van der Waals surface area contributed by atoms with Gasteiger partial charge in [0, 0.05) is 25.2 Å². The molecule has 0 bridgehead atoms. The van der Waals surface area contributed by atoms with Crippen LogP contribution in [0.2, 0.25) is 0 Å². The number of benzene rings is 1. The van der Waals surface area contributed by atoms with Gasteiger partial charge in [-0.1, -0.05) is 18.2 Å². The minimum Gasteiger partial charge on any atom is -0.339 e. The summed E-state index contributed by atoms with van der Waals surface area (Å²) in [7, 11) is 1.89. The molecular formula is C16H19N5O2S. The van der Waals surface area contributed by atoms with Gasteiger partial charge in [-0.25, -0.2) is 9.97 Å². The smallest absolute Gasteiger partial charge is 0.281 e. The second-order valence-corrected chi connectivity index (χ2v) is 7.53. The van der Waals surface area contributed by atoms with E-state index in [1.807, 2.05) is 37.2 Å². The molecule has 3 rings (SSSR count). The summed E-state index contributed by atoms with van der Waals surface area (Å²) in [5, 5.41) is 0.852. The summed E-state index contributed by atoms with van der Waals surface area (Å²) >= 11 is 0. The van der Waals surface area contributed by atoms with Crippen LogP contribution in [0.4, 0.5) is 5.69 Å². The first kappa shape index (κ1) is 16.4. The lowest BCUT2D eigenvalue weighted by molar-refractivity contribution is 0.397. The molecule has 7 nitrogen and oxygen atoms in total. The second kappa shape index (κ2) is 6.21. The molecule has 0 saturated heterocycles. The van der Waals surface area contributed by atoms with Crippen molar-refractivity contribution in [2.45, 2.75) is 11.6 Å². The van der Waals surface area contributed by atoms with Crippen molar-refractivity contribution in [3.63, 3.8) is 0 Å². The summed E-state index contributed by atoms with van der Waals surface area (Å²) in [4.78, 5) is 10.5. The van der Waals surface area contributed by atoms with E-state index in [1.54, 1.807) is 23.7 Å². The Kier molecular flexibility index (Phi) is 4.25. The summed E-state index contributed by atoms with van der Waals surface area (Å²) in [5.74, 6) is 0. The van der Waals surface area contributed by atoms with E-state index in [1.165, 1.54) is 12.5 Å². The second-order valence-electron chi connectivity index (χ2n) is 5.90. The predicted octanol–water partition coefficient (Wildman–Crippen LogP) is 1.83. The average molecular weight is 345 g/mol. The number of anilines is 1. The lowest BCUT2D eigenvalue weighted by Gasteiger charge is -2.12. The fourth-order valence-electron chi connectivity index (χ4n) is 2.41. The number of pyridine rings is 1. The molecule has 24 heavy (non-hydrogen) atoms. The first-order valence-electron chi connectivity index (χ1n) is 7.39. The molecule has 0 aliphatic heterocycles. The first-order valence-corrected chi connectivity index (χ1v) is 8.87. The highest BCUT2D eigenvalue weighted by molar-refractivity contribution is 7.92. The van der Waals surface area contributed by atoms with Crippen molar-refractivity contribution >= 4 is 26.6 Å². The van der Waals surface area contributed by atoms with Crippen molar-refractivity contribution in [2.24, 2.45) is 7.05 Å². The maximum Gasteiger partial charge on any atom is 0.281 e. The van der Waals surface area contributed by atoms with E-state index in [0.29, 0.717) is 17.7 Å². The molecule has 3 aromatic rings. The number of nitrogens with one attached hydrogen (secondary N) is 1. The molecule has 126 valence electrons. The first-order chi connectivity index (χ1) is 11.3. The minimum atomic E-state index is -3.75. The van der Waals surface area contributed by atoms with Crippen LogP contribution in [0.1, 0.15) is 5.69 Å². The third-order valence-electron chi connectivity index (χ3n) is 3.46. The monoisotopic (exact) mass is 345 g/mol. The van der Waals surface area contributed by atoms with E-state index >= 15 is 0 Å². The molecule has 8 heteroatoms. The van der Waals surface area contributed by atoms with Crippen LogP contribution >= 0.6 is 0 Å². The topological polar surface area (TPSA) is 80.1 Å². The third-order valence-corrected chi connectivity index (χ3v) is 4.71. The predicted molar refractivity (Wildman–Crippen MR) is 93.2 cm³/mol. The Balaban J connectivity index is 2.02. The number of nitrogens with zero attached hydrogens (tertiary/aromatic N) is 4. The van der Waals surface area contributed by atoms with Crippen molar-refractivity contribution in [3.05, 3.63) is 48.5 Å². The summed E-state index contributed by atoms with van der Waals surface area (Å²) in [5.41, 5.74) is 1.94. The molecule has 2 heterocycles. The van der Waals surface area contributed by atoms with Gasteiger partial charge < -0.3 is 9.47 Å². The van der Waals surface area contributed by atoms with E-state index in [4.69, 9.17) is 0 Å².